The van der Waals surface area contributed by atoms with Crippen molar-refractivity contribution >= 4 is 23.4 Å². The molecule has 0 aliphatic carbocycles. The minimum Gasteiger partial charge on any atom is -0.508 e. The number of rotatable bonds is 5. The molecule has 0 saturated carbocycles. The third-order valence-corrected chi connectivity index (χ3v) is 3.98. The van der Waals surface area contributed by atoms with Crippen molar-refractivity contribution in [3.8, 4) is 17.2 Å². The predicted molar refractivity (Wildman–Crippen MR) is 91.9 cm³/mol. The maximum atomic E-state index is 11.9. The third kappa shape index (κ3) is 4.14. The number of aromatic hydroxyl groups is 1. The van der Waals surface area contributed by atoms with E-state index in [4.69, 9.17) is 4.42 Å². The molecule has 0 saturated heterocycles. The second kappa shape index (κ2) is 7.18. The number of phenols is 1. The molecule has 0 atom stereocenters. The molecule has 3 rings (SSSR count). The number of amides is 1. The van der Waals surface area contributed by atoms with Crippen LogP contribution >= 0.6 is 11.8 Å². The van der Waals surface area contributed by atoms with Crippen LogP contribution in [0, 0.1) is 6.92 Å². The average Bonchev–Trinajstić information content (AvgIpc) is 3.04. The van der Waals surface area contributed by atoms with Gasteiger partial charge in [-0.15, -0.1) is 10.2 Å². The van der Waals surface area contributed by atoms with Crippen LogP contribution in [-0.4, -0.2) is 27.0 Å². The summed E-state index contributed by atoms with van der Waals surface area (Å²) in [6, 6.07) is 14.1. The summed E-state index contributed by atoms with van der Waals surface area (Å²) in [4.78, 5) is 11.9. The highest BCUT2D eigenvalue weighted by Crippen LogP contribution is 2.25. The first-order valence-electron chi connectivity index (χ1n) is 7.22. The normalized spacial score (nSPS) is 10.5. The van der Waals surface area contributed by atoms with E-state index in [9.17, 15) is 9.90 Å². The van der Waals surface area contributed by atoms with E-state index < -0.39 is 0 Å². The van der Waals surface area contributed by atoms with Crippen molar-refractivity contribution < 1.29 is 14.3 Å². The summed E-state index contributed by atoms with van der Waals surface area (Å²) >= 11 is 1.16. The van der Waals surface area contributed by atoms with Gasteiger partial charge in [-0.2, -0.15) is 0 Å². The number of aryl methyl sites for hydroxylation is 1. The van der Waals surface area contributed by atoms with Crippen LogP contribution in [0.3, 0.4) is 0 Å². The SMILES string of the molecule is Cc1ccc(NC(=O)CSc2nnc(-c3cccc(O)c3)o2)cc1. The molecule has 1 aromatic heterocycles. The lowest BCUT2D eigenvalue weighted by atomic mass is 10.2. The Balaban J connectivity index is 1.57. The van der Waals surface area contributed by atoms with E-state index in [1.165, 1.54) is 6.07 Å². The molecule has 2 N–H and O–H groups in total. The summed E-state index contributed by atoms with van der Waals surface area (Å²) in [5.41, 5.74) is 2.50. The fourth-order valence-corrected chi connectivity index (χ4v) is 2.55. The fraction of sp³-hybridized carbons (Fsp3) is 0.118. The van der Waals surface area contributed by atoms with E-state index in [2.05, 4.69) is 15.5 Å². The van der Waals surface area contributed by atoms with Gasteiger partial charge in [-0.05, 0) is 37.3 Å². The van der Waals surface area contributed by atoms with Crippen molar-refractivity contribution in [2.45, 2.75) is 12.1 Å². The molecule has 0 aliphatic heterocycles. The number of anilines is 1. The Labute approximate surface area is 142 Å². The number of thioether (sulfide) groups is 1. The summed E-state index contributed by atoms with van der Waals surface area (Å²) < 4.78 is 5.49. The van der Waals surface area contributed by atoms with Gasteiger partial charge in [0.25, 0.3) is 5.22 Å². The summed E-state index contributed by atoms with van der Waals surface area (Å²) in [5.74, 6) is 0.431. The van der Waals surface area contributed by atoms with Gasteiger partial charge in [0.15, 0.2) is 0 Å². The van der Waals surface area contributed by atoms with E-state index in [1.807, 2.05) is 31.2 Å². The van der Waals surface area contributed by atoms with Gasteiger partial charge >= 0.3 is 0 Å². The third-order valence-electron chi connectivity index (χ3n) is 3.16. The molecular weight excluding hydrogens is 326 g/mol. The number of phenolic OH excluding ortho intramolecular Hbond substituents is 1. The lowest BCUT2D eigenvalue weighted by Crippen LogP contribution is -2.13. The monoisotopic (exact) mass is 341 g/mol. The number of aromatic nitrogens is 2. The highest BCUT2D eigenvalue weighted by molar-refractivity contribution is 7.99. The standard InChI is InChI=1S/C17H15N3O3S/c1-11-5-7-13(8-6-11)18-15(22)10-24-17-20-19-16(23-17)12-3-2-4-14(21)9-12/h2-9,21H,10H2,1H3,(H,18,22). The Hall–Kier alpha value is -2.80. The fourth-order valence-electron chi connectivity index (χ4n) is 1.98. The minimum atomic E-state index is -0.152. The van der Waals surface area contributed by atoms with Gasteiger partial charge in [0.05, 0.1) is 5.75 Å². The number of hydrogen-bond acceptors (Lipinski definition) is 6. The predicted octanol–water partition coefficient (Wildman–Crippen LogP) is 3.48. The Morgan fingerprint density at radius 1 is 1.21 bits per heavy atom. The van der Waals surface area contributed by atoms with E-state index in [-0.39, 0.29) is 17.4 Å². The van der Waals surface area contributed by atoms with Gasteiger partial charge in [-0.1, -0.05) is 35.5 Å². The van der Waals surface area contributed by atoms with Crippen LogP contribution in [-0.2, 0) is 4.79 Å². The molecule has 0 bridgehead atoms. The lowest BCUT2D eigenvalue weighted by molar-refractivity contribution is -0.113. The van der Waals surface area contributed by atoms with Gasteiger partial charge in [-0.25, -0.2) is 0 Å². The topological polar surface area (TPSA) is 88.2 Å². The first-order valence-corrected chi connectivity index (χ1v) is 8.21. The van der Waals surface area contributed by atoms with Crippen LogP contribution in [0.25, 0.3) is 11.5 Å². The molecule has 0 fully saturated rings. The quantitative estimate of drug-likeness (QED) is 0.691. The molecular formula is C17H15N3O3S. The molecule has 2 aromatic carbocycles. The van der Waals surface area contributed by atoms with Gasteiger partial charge in [-0.3, -0.25) is 4.79 Å². The molecule has 0 spiro atoms. The Morgan fingerprint density at radius 3 is 2.75 bits per heavy atom. The van der Waals surface area contributed by atoms with Crippen LogP contribution in [0.15, 0.2) is 58.2 Å². The summed E-state index contributed by atoms with van der Waals surface area (Å²) in [5, 5.41) is 20.4. The van der Waals surface area contributed by atoms with Crippen molar-refractivity contribution in [2.75, 3.05) is 11.1 Å². The molecule has 3 aromatic rings. The van der Waals surface area contributed by atoms with Crippen LogP contribution in [0.4, 0.5) is 5.69 Å². The molecule has 0 unspecified atom stereocenters. The van der Waals surface area contributed by atoms with Crippen LogP contribution in [0.5, 0.6) is 5.75 Å². The van der Waals surface area contributed by atoms with Crippen LogP contribution in [0.2, 0.25) is 0 Å². The van der Waals surface area contributed by atoms with Crippen LogP contribution in [0.1, 0.15) is 5.56 Å². The second-order valence-electron chi connectivity index (χ2n) is 5.13. The van der Waals surface area contributed by atoms with Crippen molar-refractivity contribution in [1.29, 1.82) is 0 Å². The van der Waals surface area contributed by atoms with Crippen molar-refractivity contribution in [3.63, 3.8) is 0 Å². The molecule has 0 radical (unpaired) electrons. The van der Waals surface area contributed by atoms with Gasteiger partial charge < -0.3 is 14.8 Å². The molecule has 122 valence electrons. The van der Waals surface area contributed by atoms with E-state index in [0.717, 1.165) is 23.0 Å². The number of nitrogens with zero attached hydrogens (tertiary/aromatic N) is 2. The zero-order valence-electron chi connectivity index (χ0n) is 12.9. The zero-order valence-corrected chi connectivity index (χ0v) is 13.7. The summed E-state index contributed by atoms with van der Waals surface area (Å²) in [7, 11) is 0. The molecule has 7 heteroatoms. The number of carbonyl (C=O) groups excluding carboxylic acids is 1. The van der Waals surface area contributed by atoms with Crippen molar-refractivity contribution in [1.82, 2.24) is 10.2 Å². The maximum Gasteiger partial charge on any atom is 0.277 e. The largest absolute Gasteiger partial charge is 0.508 e. The van der Waals surface area contributed by atoms with Crippen molar-refractivity contribution in [3.05, 3.63) is 54.1 Å². The lowest BCUT2D eigenvalue weighted by Gasteiger charge is -2.04. The van der Waals surface area contributed by atoms with Crippen molar-refractivity contribution in [2.24, 2.45) is 0 Å². The maximum absolute atomic E-state index is 11.9. The number of benzene rings is 2. The molecule has 6 nitrogen and oxygen atoms in total. The zero-order chi connectivity index (χ0) is 16.9. The highest BCUT2D eigenvalue weighted by Gasteiger charge is 2.11. The second-order valence-corrected chi connectivity index (χ2v) is 6.05. The van der Waals surface area contributed by atoms with E-state index >= 15 is 0 Å². The van der Waals surface area contributed by atoms with E-state index in [1.54, 1.807) is 18.2 Å². The summed E-state index contributed by atoms with van der Waals surface area (Å²) in [6.07, 6.45) is 0. The number of hydrogen-bond donors (Lipinski definition) is 2. The summed E-state index contributed by atoms with van der Waals surface area (Å²) in [6.45, 7) is 1.99. The first kappa shape index (κ1) is 16.1. The Morgan fingerprint density at radius 2 is 2.00 bits per heavy atom. The van der Waals surface area contributed by atoms with Crippen LogP contribution < -0.4 is 5.32 Å². The molecule has 0 aliphatic rings. The van der Waals surface area contributed by atoms with Gasteiger partial charge in [0.2, 0.25) is 11.8 Å². The number of nitrogens with one attached hydrogen (secondary N) is 1. The highest BCUT2D eigenvalue weighted by atomic mass is 32.2. The number of carbonyl (C=O) groups is 1. The van der Waals surface area contributed by atoms with Gasteiger partial charge in [0.1, 0.15) is 5.75 Å². The smallest absolute Gasteiger partial charge is 0.277 e. The molecule has 1 amide bonds. The Bertz CT molecular complexity index is 846. The van der Waals surface area contributed by atoms with E-state index in [0.29, 0.717) is 16.7 Å². The van der Waals surface area contributed by atoms with Gasteiger partial charge in [0, 0.05) is 11.3 Å². The average molecular weight is 341 g/mol. The first-order chi connectivity index (χ1) is 11.6. The molecule has 1 heterocycles. The minimum absolute atomic E-state index is 0.123. The Kier molecular flexibility index (Phi) is 4.81. The molecule has 24 heavy (non-hydrogen) atoms.